The topological polar surface area (TPSA) is 112 Å². The van der Waals surface area contributed by atoms with E-state index >= 15 is 0 Å². The second kappa shape index (κ2) is 7.80. The Labute approximate surface area is 170 Å². The third-order valence-electron chi connectivity index (χ3n) is 4.08. The van der Waals surface area contributed by atoms with Gasteiger partial charge in [-0.3, -0.25) is 9.78 Å². The number of carbonyl (C=O) groups excluding carboxylic acids is 1. The fourth-order valence-electron chi connectivity index (χ4n) is 2.75. The number of rotatable bonds is 5. The molecule has 4 aromatic heterocycles. The van der Waals surface area contributed by atoms with Crippen LogP contribution in [0.5, 0.6) is 0 Å². The maximum Gasteiger partial charge on any atom is 0.271 e. The third-order valence-corrected chi connectivity index (χ3v) is 4.38. The van der Waals surface area contributed by atoms with Crippen molar-refractivity contribution >= 4 is 17.5 Å². The minimum absolute atomic E-state index is 0.0407. The summed E-state index contributed by atoms with van der Waals surface area (Å²) in [7, 11) is 0. The van der Waals surface area contributed by atoms with Crippen LogP contribution in [0.25, 0.3) is 17.2 Å². The lowest BCUT2D eigenvalue weighted by atomic mass is 10.2. The van der Waals surface area contributed by atoms with Crippen LogP contribution in [-0.2, 0) is 6.54 Å². The molecule has 0 aromatic carbocycles. The Morgan fingerprint density at radius 1 is 1.17 bits per heavy atom. The SMILES string of the molecule is Cc1cc(C)n(-c2ccc(Cl)c(C(=O)NCc3nc(-c4ccncc4)no3)n2)n1. The van der Waals surface area contributed by atoms with Crippen molar-refractivity contribution in [2.75, 3.05) is 0 Å². The number of pyridine rings is 2. The van der Waals surface area contributed by atoms with Crippen LogP contribution in [0.4, 0.5) is 0 Å². The number of carbonyl (C=O) groups is 1. The van der Waals surface area contributed by atoms with Crippen LogP contribution in [0.2, 0.25) is 5.02 Å². The summed E-state index contributed by atoms with van der Waals surface area (Å²) in [5.74, 6) is 0.722. The van der Waals surface area contributed by atoms with Crippen LogP contribution in [0.15, 0.2) is 47.2 Å². The largest absolute Gasteiger partial charge is 0.342 e. The standard InChI is InChI=1S/C19H16ClN7O2/c1-11-9-12(2)27(25-11)15-4-3-14(20)17(23-15)19(28)22-10-16-24-18(26-29-16)13-5-7-21-8-6-13/h3-9H,10H2,1-2H3,(H,22,28). The van der Waals surface area contributed by atoms with E-state index in [1.54, 1.807) is 41.3 Å². The zero-order valence-electron chi connectivity index (χ0n) is 15.6. The van der Waals surface area contributed by atoms with E-state index in [1.807, 2.05) is 19.9 Å². The van der Waals surface area contributed by atoms with Gasteiger partial charge in [-0.05, 0) is 44.2 Å². The molecule has 0 fully saturated rings. The molecule has 4 heterocycles. The molecule has 0 aliphatic carbocycles. The molecular weight excluding hydrogens is 394 g/mol. The van der Waals surface area contributed by atoms with Crippen LogP contribution in [0, 0.1) is 13.8 Å². The summed E-state index contributed by atoms with van der Waals surface area (Å²) < 4.78 is 6.84. The van der Waals surface area contributed by atoms with Gasteiger partial charge in [-0.15, -0.1) is 0 Å². The van der Waals surface area contributed by atoms with Gasteiger partial charge in [0.05, 0.1) is 17.3 Å². The Hall–Kier alpha value is -3.59. The van der Waals surface area contributed by atoms with Crippen LogP contribution >= 0.6 is 11.6 Å². The lowest BCUT2D eigenvalue weighted by Gasteiger charge is -2.08. The van der Waals surface area contributed by atoms with Crippen LogP contribution in [-0.4, -0.2) is 35.8 Å². The van der Waals surface area contributed by atoms with Gasteiger partial charge < -0.3 is 9.84 Å². The van der Waals surface area contributed by atoms with Crippen molar-refractivity contribution in [1.29, 1.82) is 0 Å². The molecule has 0 aliphatic rings. The first-order chi connectivity index (χ1) is 14.0. The summed E-state index contributed by atoms with van der Waals surface area (Å²) in [6.07, 6.45) is 3.27. The minimum atomic E-state index is -0.456. The predicted molar refractivity (Wildman–Crippen MR) is 105 cm³/mol. The van der Waals surface area contributed by atoms with Crippen molar-refractivity contribution < 1.29 is 9.32 Å². The van der Waals surface area contributed by atoms with Crippen molar-refractivity contribution in [3.63, 3.8) is 0 Å². The average Bonchev–Trinajstić information content (AvgIpc) is 3.33. The lowest BCUT2D eigenvalue weighted by molar-refractivity contribution is 0.0941. The molecule has 0 saturated heterocycles. The Morgan fingerprint density at radius 2 is 1.97 bits per heavy atom. The van der Waals surface area contributed by atoms with E-state index in [0.29, 0.717) is 11.6 Å². The van der Waals surface area contributed by atoms with Crippen molar-refractivity contribution in [3.05, 3.63) is 70.7 Å². The maximum absolute atomic E-state index is 12.6. The first kappa shape index (κ1) is 18.8. The van der Waals surface area contributed by atoms with E-state index in [-0.39, 0.29) is 23.2 Å². The van der Waals surface area contributed by atoms with Gasteiger partial charge in [0.2, 0.25) is 11.7 Å². The molecule has 1 amide bonds. The number of amides is 1. The molecule has 146 valence electrons. The first-order valence-electron chi connectivity index (χ1n) is 8.72. The molecule has 0 unspecified atom stereocenters. The van der Waals surface area contributed by atoms with Crippen molar-refractivity contribution in [1.82, 2.24) is 35.2 Å². The predicted octanol–water partition coefficient (Wildman–Crippen LogP) is 2.91. The molecule has 0 spiro atoms. The normalized spacial score (nSPS) is 10.9. The summed E-state index contributed by atoms with van der Waals surface area (Å²) in [4.78, 5) is 25.2. The number of aromatic nitrogens is 6. The van der Waals surface area contributed by atoms with E-state index in [1.165, 1.54) is 0 Å². The van der Waals surface area contributed by atoms with E-state index < -0.39 is 5.91 Å². The van der Waals surface area contributed by atoms with Gasteiger partial charge in [0.15, 0.2) is 5.82 Å². The van der Waals surface area contributed by atoms with Gasteiger partial charge in [-0.2, -0.15) is 10.1 Å². The summed E-state index contributed by atoms with van der Waals surface area (Å²) in [6, 6.07) is 8.77. The minimum Gasteiger partial charge on any atom is -0.342 e. The molecule has 4 aromatic rings. The molecule has 0 atom stereocenters. The van der Waals surface area contributed by atoms with Gasteiger partial charge in [0, 0.05) is 23.7 Å². The molecule has 4 rings (SSSR count). The molecule has 29 heavy (non-hydrogen) atoms. The van der Waals surface area contributed by atoms with Crippen molar-refractivity contribution in [2.24, 2.45) is 0 Å². The first-order valence-corrected chi connectivity index (χ1v) is 9.10. The zero-order chi connectivity index (χ0) is 20.4. The summed E-state index contributed by atoms with van der Waals surface area (Å²) in [5, 5.41) is 11.2. The zero-order valence-corrected chi connectivity index (χ0v) is 16.4. The van der Waals surface area contributed by atoms with Crippen molar-refractivity contribution in [3.8, 4) is 17.2 Å². The number of aryl methyl sites for hydroxylation is 2. The highest BCUT2D eigenvalue weighted by Crippen LogP contribution is 2.18. The molecule has 0 aliphatic heterocycles. The lowest BCUT2D eigenvalue weighted by Crippen LogP contribution is -2.25. The van der Waals surface area contributed by atoms with Gasteiger partial charge in [-0.1, -0.05) is 16.8 Å². The number of nitrogens with one attached hydrogen (secondary N) is 1. The number of nitrogens with zero attached hydrogens (tertiary/aromatic N) is 6. The van der Waals surface area contributed by atoms with Crippen LogP contribution in [0.1, 0.15) is 27.8 Å². The van der Waals surface area contributed by atoms with Gasteiger partial charge in [-0.25, -0.2) is 9.67 Å². The second-order valence-corrected chi connectivity index (χ2v) is 6.68. The monoisotopic (exact) mass is 409 g/mol. The quantitative estimate of drug-likeness (QED) is 0.539. The smallest absolute Gasteiger partial charge is 0.271 e. The van der Waals surface area contributed by atoms with E-state index in [4.69, 9.17) is 16.1 Å². The Morgan fingerprint density at radius 3 is 2.69 bits per heavy atom. The Balaban J connectivity index is 1.50. The van der Waals surface area contributed by atoms with Gasteiger partial charge in [0.25, 0.3) is 5.91 Å². The fraction of sp³-hybridized carbons (Fsp3) is 0.158. The van der Waals surface area contributed by atoms with Crippen LogP contribution in [0.3, 0.4) is 0 Å². The second-order valence-electron chi connectivity index (χ2n) is 6.27. The number of halogens is 1. The fourth-order valence-corrected chi connectivity index (χ4v) is 2.95. The van der Waals surface area contributed by atoms with Gasteiger partial charge >= 0.3 is 0 Å². The third kappa shape index (κ3) is 3.99. The molecular formula is C19H16ClN7O2. The molecule has 9 nitrogen and oxygen atoms in total. The van der Waals surface area contributed by atoms with Crippen molar-refractivity contribution in [2.45, 2.75) is 20.4 Å². The van der Waals surface area contributed by atoms with E-state index in [2.05, 4.69) is 30.5 Å². The van der Waals surface area contributed by atoms with E-state index in [9.17, 15) is 4.79 Å². The molecule has 10 heteroatoms. The number of hydrogen-bond acceptors (Lipinski definition) is 7. The Bertz CT molecular complexity index is 1170. The van der Waals surface area contributed by atoms with E-state index in [0.717, 1.165) is 17.0 Å². The summed E-state index contributed by atoms with van der Waals surface area (Å²) >= 11 is 6.18. The molecule has 1 N–H and O–H groups in total. The highest BCUT2D eigenvalue weighted by molar-refractivity contribution is 6.33. The Kier molecular flexibility index (Phi) is 5.05. The average molecular weight is 410 g/mol. The maximum atomic E-state index is 12.6. The molecule has 0 radical (unpaired) electrons. The highest BCUT2D eigenvalue weighted by Gasteiger charge is 2.17. The molecule has 0 saturated carbocycles. The number of hydrogen-bond donors (Lipinski definition) is 1. The van der Waals surface area contributed by atoms with Gasteiger partial charge in [0.1, 0.15) is 5.69 Å². The summed E-state index contributed by atoms with van der Waals surface area (Å²) in [5.41, 5.74) is 2.61. The van der Waals surface area contributed by atoms with Crippen LogP contribution < -0.4 is 5.32 Å². The highest BCUT2D eigenvalue weighted by atomic mass is 35.5. The molecule has 0 bridgehead atoms. The summed E-state index contributed by atoms with van der Waals surface area (Å²) in [6.45, 7) is 3.84.